The molecule has 0 amide bonds. The molecule has 2 heteroatoms. The monoisotopic (exact) mass is 1590 g/mol. The molecule has 0 aliphatic heterocycles. The van der Waals surface area contributed by atoms with E-state index in [1.54, 1.807) is 0 Å². The van der Waals surface area contributed by atoms with Gasteiger partial charge in [-0.2, -0.15) is 0 Å². The Kier molecular flexibility index (Phi) is 16.0. The third-order valence-electron chi connectivity index (χ3n) is 31.9. The van der Waals surface area contributed by atoms with Crippen molar-refractivity contribution in [3.05, 3.63) is 514 Å². The highest BCUT2D eigenvalue weighted by Crippen LogP contribution is 2.71. The first-order chi connectivity index (χ1) is 61.7. The van der Waals surface area contributed by atoms with Crippen molar-refractivity contribution in [1.82, 2.24) is 0 Å². The second-order valence-electron chi connectivity index (χ2n) is 37.6. The smallest absolute Gasteiger partial charge is 0.128 e. The quantitative estimate of drug-likeness (QED) is 0.0709. The molecule has 0 aromatic heterocycles. The third-order valence-corrected chi connectivity index (χ3v) is 31.9. The van der Waals surface area contributed by atoms with Crippen LogP contribution in [0.25, 0.3) is 0 Å². The van der Waals surface area contributed by atoms with Crippen LogP contribution >= 0.6 is 0 Å². The molecule has 12 bridgehead atoms. The van der Waals surface area contributed by atoms with E-state index < -0.39 is 0 Å². The second-order valence-corrected chi connectivity index (χ2v) is 37.6. The van der Waals surface area contributed by atoms with E-state index in [1.807, 2.05) is 0 Å². The largest absolute Gasteiger partial charge is 0.493 e. The normalized spacial score (nSPS) is 21.3. The van der Waals surface area contributed by atoms with Crippen molar-refractivity contribution in [3.8, 4) is 35.2 Å². The van der Waals surface area contributed by atoms with Crippen molar-refractivity contribution >= 4 is 0 Å². The number of hydrogen-bond donors (Lipinski definition) is 0. The average Bonchev–Trinajstić information content (AvgIpc) is 0.671. The summed E-state index contributed by atoms with van der Waals surface area (Å²) >= 11 is 0. The van der Waals surface area contributed by atoms with Gasteiger partial charge >= 0.3 is 0 Å². The molecule has 33 rings (SSSR count). The van der Waals surface area contributed by atoms with Crippen LogP contribution in [-0.2, 0) is 0 Å². The summed E-state index contributed by atoms with van der Waals surface area (Å²) in [6.45, 7) is 5.97. The minimum atomic E-state index is -0.144. The molecule has 0 fully saturated rings. The zero-order valence-electron chi connectivity index (χ0n) is 70.4. The Hall–Kier alpha value is -13.0. The van der Waals surface area contributed by atoms with Gasteiger partial charge in [0.1, 0.15) is 11.5 Å². The van der Waals surface area contributed by atoms with Crippen molar-refractivity contribution in [1.29, 1.82) is 0 Å². The summed E-state index contributed by atoms with van der Waals surface area (Å²) in [6.07, 6.45) is 14.3. The van der Waals surface area contributed by atoms with Crippen molar-refractivity contribution < 1.29 is 9.47 Å². The molecule has 0 N–H and O–H groups in total. The van der Waals surface area contributed by atoms with E-state index in [1.165, 1.54) is 274 Å². The average molecular weight is 1590 g/mol. The molecule has 15 aromatic rings. The second kappa shape index (κ2) is 27.8. The molecule has 0 atom stereocenters. The number of rotatable bonds is 16. The van der Waals surface area contributed by atoms with Gasteiger partial charge in [0, 0.05) is 116 Å². The molecule has 0 unspecified atom stereocenters. The Bertz CT molecular complexity index is 6190. The number of unbranched alkanes of at least 4 members (excludes halogenated alkanes) is 10. The van der Waals surface area contributed by atoms with E-state index in [9.17, 15) is 0 Å². The van der Waals surface area contributed by atoms with Crippen LogP contribution in [0, 0.1) is 23.7 Å². The molecule has 15 aromatic carbocycles. The molecule has 18 aliphatic carbocycles. The topological polar surface area (TPSA) is 18.5 Å². The van der Waals surface area contributed by atoms with Gasteiger partial charge in [-0.3, -0.25) is 0 Å². The molecule has 124 heavy (non-hydrogen) atoms. The van der Waals surface area contributed by atoms with Crippen molar-refractivity contribution in [2.45, 2.75) is 162 Å². The van der Waals surface area contributed by atoms with Gasteiger partial charge in [0.15, 0.2) is 0 Å². The van der Waals surface area contributed by atoms with Crippen molar-refractivity contribution in [2.24, 2.45) is 0 Å². The first-order valence-electron chi connectivity index (χ1n) is 46.7. The van der Waals surface area contributed by atoms with Gasteiger partial charge in [-0.15, -0.1) is 0 Å². The van der Waals surface area contributed by atoms with Crippen LogP contribution in [0.4, 0.5) is 0 Å². The van der Waals surface area contributed by atoms with Crippen LogP contribution in [0.5, 0.6) is 11.5 Å². The number of benzene rings is 15. The maximum atomic E-state index is 7.93. The predicted octanol–water partition coefficient (Wildman–Crippen LogP) is 27.9. The Morgan fingerprint density at radius 2 is 0.282 bits per heavy atom. The van der Waals surface area contributed by atoms with Crippen LogP contribution in [-0.4, -0.2) is 13.2 Å². The van der Waals surface area contributed by atoms with Crippen LogP contribution in [0.3, 0.4) is 0 Å². The van der Waals surface area contributed by atoms with Gasteiger partial charge < -0.3 is 9.47 Å². The third kappa shape index (κ3) is 9.65. The minimum absolute atomic E-state index is 0.0565. The van der Waals surface area contributed by atoms with Crippen LogP contribution < -0.4 is 9.47 Å². The van der Waals surface area contributed by atoms with E-state index in [0.717, 1.165) is 37.2 Å². The fourth-order valence-corrected chi connectivity index (χ4v) is 27.4. The highest BCUT2D eigenvalue weighted by Gasteiger charge is 2.56. The molecule has 18 aliphatic rings. The fourth-order valence-electron chi connectivity index (χ4n) is 27.4. The SMILES string of the molecule is CCCCCCCCOc1c2c(c(C#Cc3c4c(c(C#Cc5c6c(c(OCCCCCCCC)c7c5C5c8ccccc8C7c7ccccc75)C5c7ccccc7C6c6ccccc65)c5c3C3c6ccccc6C5c5ccccc53)C3c5ccccc5C4c4ccccc43)c3c1C1c4ccccc4C3c3ccccc31)C1c3ccccc3C2c2ccccc21. The predicted molar refractivity (Wildman–Crippen MR) is 498 cm³/mol. The summed E-state index contributed by atoms with van der Waals surface area (Å²) in [4.78, 5) is 0. The van der Waals surface area contributed by atoms with E-state index in [4.69, 9.17) is 9.47 Å². The maximum Gasteiger partial charge on any atom is 0.128 e. The zero-order chi connectivity index (χ0) is 81.3. The number of ether oxygens (including phenoxy) is 2. The lowest BCUT2D eigenvalue weighted by molar-refractivity contribution is 0.295. The van der Waals surface area contributed by atoms with Gasteiger partial charge in [-0.25, -0.2) is 0 Å². The summed E-state index contributed by atoms with van der Waals surface area (Å²) < 4.78 is 15.9. The number of hydrogen-bond acceptors (Lipinski definition) is 2. The lowest BCUT2D eigenvalue weighted by atomic mass is 9.53. The molecule has 2 nitrogen and oxygen atoms in total. The minimum Gasteiger partial charge on any atom is -0.493 e. The van der Waals surface area contributed by atoms with Gasteiger partial charge in [-0.1, -0.05) is 393 Å². The van der Waals surface area contributed by atoms with E-state index in [-0.39, 0.29) is 71.0 Å². The van der Waals surface area contributed by atoms with E-state index in [2.05, 4.69) is 329 Å². The van der Waals surface area contributed by atoms with Gasteiger partial charge in [0.25, 0.3) is 0 Å². The molecule has 0 heterocycles. The summed E-state index contributed by atoms with van der Waals surface area (Å²) in [5.74, 6) is 19.7. The molecular formula is C122H94O2. The Labute approximate surface area is 728 Å². The van der Waals surface area contributed by atoms with Crippen LogP contribution in [0.2, 0.25) is 0 Å². The Balaban J connectivity index is 0.781. The van der Waals surface area contributed by atoms with Crippen molar-refractivity contribution in [3.63, 3.8) is 0 Å². The highest BCUT2D eigenvalue weighted by molar-refractivity contribution is 5.89. The molecule has 594 valence electrons. The first kappa shape index (κ1) is 71.6. The van der Waals surface area contributed by atoms with Crippen LogP contribution in [0.1, 0.15) is 384 Å². The first-order valence-corrected chi connectivity index (χ1v) is 46.7. The Morgan fingerprint density at radius 1 is 0.161 bits per heavy atom. The highest BCUT2D eigenvalue weighted by atomic mass is 16.5. The zero-order valence-corrected chi connectivity index (χ0v) is 70.4. The van der Waals surface area contributed by atoms with Gasteiger partial charge in [0.2, 0.25) is 0 Å². The lowest BCUT2D eigenvalue weighted by Crippen LogP contribution is -2.35. The van der Waals surface area contributed by atoms with Gasteiger partial charge in [-0.05, 0) is 191 Å². The lowest BCUT2D eigenvalue weighted by Gasteiger charge is -2.49. The molecular weight excluding hydrogens is 1500 g/mol. The van der Waals surface area contributed by atoms with E-state index in [0.29, 0.717) is 13.2 Å². The standard InChI is InChI=1S/C122H94O2/c1-3-5-7-9-11-37-67-123-121-117-105-85-55-29-21-47-77(85)101(78-48-22-30-56-86(78)105)113(117)95(114-102-79-49-23-31-57-87(79)106(118(114)121)88-58-32-24-50-80(88)102)65-63-93-109-97-69-39-13-17-43-73(69)99(74-44-18-14-40-70(74)97)111(109)94(112-100-75-45-19-15-41-71(75)98(110(93)112)72-42-16-20-46-76(72)100)64-66-96-115-103-81-51-25-33-59-89(81)107(90-60-34-26-52-82(90)103)119(115)122(124-68-38-12-10-8-6-4-2)120-108-91-61-35-27-53-83(91)104(116(96)120)84-54-28-36-62-92(84)108/h13-36,39-62,97-108H,3-12,37-38,67-68H2,1-2H3. The van der Waals surface area contributed by atoms with Gasteiger partial charge in [0.05, 0.1) is 13.2 Å². The summed E-state index contributed by atoms with van der Waals surface area (Å²) in [5.41, 5.74) is 54.0. The summed E-state index contributed by atoms with van der Waals surface area (Å²) in [6, 6.07) is 114. The molecule has 0 saturated carbocycles. The molecule has 0 spiro atoms. The molecule has 0 saturated heterocycles. The molecule has 0 radical (unpaired) electrons. The maximum absolute atomic E-state index is 7.93. The van der Waals surface area contributed by atoms with Crippen molar-refractivity contribution in [2.75, 3.05) is 13.2 Å². The summed E-state index contributed by atoms with van der Waals surface area (Å²) in [5, 5.41) is 0. The summed E-state index contributed by atoms with van der Waals surface area (Å²) in [7, 11) is 0. The fraction of sp³-hybridized carbons (Fsp3) is 0.230. The van der Waals surface area contributed by atoms with Crippen LogP contribution in [0.15, 0.2) is 291 Å². The van der Waals surface area contributed by atoms with E-state index >= 15 is 0 Å². The Morgan fingerprint density at radius 3 is 0.427 bits per heavy atom.